The Morgan fingerprint density at radius 3 is 2.58 bits per heavy atom. The molecule has 2 N–H and O–H groups in total. The number of aromatic nitrogens is 1. The Kier molecular flexibility index (Phi) is 3.82. The van der Waals surface area contributed by atoms with Crippen molar-refractivity contribution in [1.82, 2.24) is 9.29 Å². The molecular weight excluding hydrogens is 262 g/mol. The number of nitrogen functional groups attached to an aromatic ring is 1. The number of pyridine rings is 1. The van der Waals surface area contributed by atoms with Crippen LogP contribution >= 0.6 is 0 Å². The van der Waals surface area contributed by atoms with Crippen LogP contribution in [0.2, 0.25) is 0 Å². The predicted molar refractivity (Wildman–Crippen MR) is 75.0 cm³/mol. The highest BCUT2D eigenvalue weighted by atomic mass is 32.2. The molecule has 0 bridgehead atoms. The van der Waals surface area contributed by atoms with Crippen molar-refractivity contribution in [3.05, 3.63) is 18.3 Å². The van der Waals surface area contributed by atoms with E-state index in [0.29, 0.717) is 13.1 Å². The van der Waals surface area contributed by atoms with Crippen molar-refractivity contribution in [2.45, 2.75) is 38.0 Å². The molecule has 2 heterocycles. The van der Waals surface area contributed by atoms with Crippen LogP contribution in [-0.4, -0.2) is 30.8 Å². The summed E-state index contributed by atoms with van der Waals surface area (Å²) in [5, 5.41) is 0. The second-order valence-corrected chi connectivity index (χ2v) is 7.42. The second kappa shape index (κ2) is 5.09. The molecule has 1 saturated heterocycles. The van der Waals surface area contributed by atoms with Crippen molar-refractivity contribution >= 4 is 15.8 Å². The molecule has 106 valence electrons. The fraction of sp³-hybridized carbons (Fsp3) is 0.615. The van der Waals surface area contributed by atoms with Crippen LogP contribution in [0.4, 0.5) is 5.82 Å². The summed E-state index contributed by atoms with van der Waals surface area (Å²) >= 11 is 0. The largest absolute Gasteiger partial charge is 0.384 e. The van der Waals surface area contributed by atoms with Crippen molar-refractivity contribution in [3.63, 3.8) is 0 Å². The van der Waals surface area contributed by atoms with Gasteiger partial charge in [0.1, 0.15) is 5.82 Å². The summed E-state index contributed by atoms with van der Waals surface area (Å²) in [5.74, 6) is 0.233. The van der Waals surface area contributed by atoms with E-state index in [9.17, 15) is 8.42 Å². The van der Waals surface area contributed by atoms with Gasteiger partial charge in [-0.1, -0.05) is 20.3 Å². The van der Waals surface area contributed by atoms with E-state index in [2.05, 4.69) is 18.8 Å². The molecule has 5 nitrogen and oxygen atoms in total. The summed E-state index contributed by atoms with van der Waals surface area (Å²) in [6, 6.07) is 2.92. The average Bonchev–Trinajstić information content (AvgIpc) is 2.39. The Hall–Kier alpha value is -1.14. The number of anilines is 1. The van der Waals surface area contributed by atoms with Gasteiger partial charge in [0.2, 0.25) is 10.0 Å². The first kappa shape index (κ1) is 14.3. The highest BCUT2D eigenvalue weighted by molar-refractivity contribution is 7.89. The van der Waals surface area contributed by atoms with E-state index in [1.807, 2.05) is 0 Å². The maximum atomic E-state index is 12.5. The van der Waals surface area contributed by atoms with E-state index < -0.39 is 10.0 Å². The number of nitrogens with two attached hydrogens (primary N) is 1. The number of rotatable bonds is 3. The van der Waals surface area contributed by atoms with Crippen molar-refractivity contribution in [2.75, 3.05) is 18.8 Å². The molecule has 0 spiro atoms. The third-order valence-electron chi connectivity index (χ3n) is 4.17. The minimum absolute atomic E-state index is 0.233. The summed E-state index contributed by atoms with van der Waals surface area (Å²) in [4.78, 5) is 4.07. The van der Waals surface area contributed by atoms with Crippen LogP contribution in [0.1, 0.15) is 33.1 Å². The zero-order valence-corrected chi connectivity index (χ0v) is 12.3. The van der Waals surface area contributed by atoms with E-state index in [-0.39, 0.29) is 16.1 Å². The molecule has 0 aliphatic carbocycles. The van der Waals surface area contributed by atoms with Gasteiger partial charge in [-0.2, -0.15) is 4.31 Å². The monoisotopic (exact) mass is 283 g/mol. The summed E-state index contributed by atoms with van der Waals surface area (Å²) in [7, 11) is -3.43. The lowest BCUT2D eigenvalue weighted by Gasteiger charge is -2.38. The lowest BCUT2D eigenvalue weighted by atomic mass is 9.79. The van der Waals surface area contributed by atoms with Gasteiger partial charge in [0.25, 0.3) is 0 Å². The highest BCUT2D eigenvalue weighted by Gasteiger charge is 2.34. The van der Waals surface area contributed by atoms with Crippen molar-refractivity contribution in [1.29, 1.82) is 0 Å². The molecule has 2 rings (SSSR count). The molecule has 0 amide bonds. The Labute approximate surface area is 114 Å². The van der Waals surface area contributed by atoms with Gasteiger partial charge in [-0.15, -0.1) is 0 Å². The maximum absolute atomic E-state index is 12.5. The van der Waals surface area contributed by atoms with Gasteiger partial charge in [0.05, 0.1) is 4.90 Å². The number of hydrogen-bond donors (Lipinski definition) is 1. The van der Waals surface area contributed by atoms with Crippen LogP contribution in [0.15, 0.2) is 23.2 Å². The highest BCUT2D eigenvalue weighted by Crippen LogP contribution is 2.35. The first-order chi connectivity index (χ1) is 8.87. The molecule has 0 unspecified atom stereocenters. The fourth-order valence-electron chi connectivity index (χ4n) is 2.36. The quantitative estimate of drug-likeness (QED) is 0.918. The minimum Gasteiger partial charge on any atom is -0.384 e. The zero-order chi connectivity index (χ0) is 14.1. The molecule has 6 heteroatoms. The number of nitrogens with zero attached hydrogens (tertiary/aromatic N) is 2. The van der Waals surface area contributed by atoms with Gasteiger partial charge < -0.3 is 5.73 Å². The molecule has 19 heavy (non-hydrogen) atoms. The molecule has 0 atom stereocenters. The molecule has 0 aromatic carbocycles. The molecule has 0 saturated carbocycles. The van der Waals surface area contributed by atoms with Crippen LogP contribution in [0.25, 0.3) is 0 Å². The lowest BCUT2D eigenvalue weighted by Crippen LogP contribution is -2.41. The first-order valence-electron chi connectivity index (χ1n) is 6.59. The van der Waals surface area contributed by atoms with E-state index in [1.54, 1.807) is 4.31 Å². The summed E-state index contributed by atoms with van der Waals surface area (Å²) in [6.45, 7) is 5.54. The Morgan fingerprint density at radius 1 is 1.42 bits per heavy atom. The smallest absolute Gasteiger partial charge is 0.243 e. The molecule has 1 aromatic heterocycles. The normalized spacial score (nSPS) is 20.3. The van der Waals surface area contributed by atoms with Gasteiger partial charge in [0, 0.05) is 25.4 Å². The van der Waals surface area contributed by atoms with E-state index in [0.717, 1.165) is 19.3 Å². The van der Waals surface area contributed by atoms with E-state index in [1.165, 1.54) is 18.3 Å². The van der Waals surface area contributed by atoms with Gasteiger partial charge in [-0.25, -0.2) is 13.4 Å². The average molecular weight is 283 g/mol. The third kappa shape index (κ3) is 2.90. The van der Waals surface area contributed by atoms with Gasteiger partial charge in [-0.05, 0) is 24.3 Å². The molecule has 0 radical (unpaired) electrons. The van der Waals surface area contributed by atoms with E-state index >= 15 is 0 Å². The standard InChI is InChI=1S/C13H21N3O2S/c1-3-13(2)5-8-16(9-6-13)19(17,18)11-4-7-15-12(14)10-11/h4,7,10H,3,5-6,8-9H2,1-2H3,(H2,14,15). The molecule has 1 aromatic rings. The Balaban J connectivity index is 2.19. The first-order valence-corrected chi connectivity index (χ1v) is 8.03. The Bertz CT molecular complexity index is 549. The number of sulfonamides is 1. The summed E-state index contributed by atoms with van der Waals surface area (Å²) in [6.07, 6.45) is 4.33. The van der Waals surface area contributed by atoms with Gasteiger partial charge in [-0.3, -0.25) is 0 Å². The number of hydrogen-bond acceptors (Lipinski definition) is 4. The topological polar surface area (TPSA) is 76.3 Å². The second-order valence-electron chi connectivity index (χ2n) is 5.48. The number of piperidine rings is 1. The van der Waals surface area contributed by atoms with Gasteiger partial charge in [0.15, 0.2) is 0 Å². The molecule has 1 aliphatic heterocycles. The minimum atomic E-state index is -3.43. The third-order valence-corrected chi connectivity index (χ3v) is 6.07. The van der Waals surface area contributed by atoms with Gasteiger partial charge >= 0.3 is 0 Å². The molecular formula is C13H21N3O2S. The van der Waals surface area contributed by atoms with Crippen molar-refractivity contribution in [2.24, 2.45) is 5.41 Å². The SMILES string of the molecule is CCC1(C)CCN(S(=O)(=O)c2ccnc(N)c2)CC1. The van der Waals surface area contributed by atoms with E-state index in [4.69, 9.17) is 5.73 Å². The van der Waals surface area contributed by atoms with Crippen LogP contribution in [0, 0.1) is 5.41 Å². The van der Waals surface area contributed by atoms with Crippen molar-refractivity contribution in [3.8, 4) is 0 Å². The summed E-state index contributed by atoms with van der Waals surface area (Å²) in [5.41, 5.74) is 5.82. The zero-order valence-electron chi connectivity index (χ0n) is 11.5. The summed E-state index contributed by atoms with van der Waals surface area (Å²) < 4.78 is 26.5. The molecule has 1 fully saturated rings. The van der Waals surface area contributed by atoms with Crippen LogP contribution in [0.5, 0.6) is 0 Å². The predicted octanol–water partition coefficient (Wildman–Crippen LogP) is 1.86. The van der Waals surface area contributed by atoms with Crippen LogP contribution in [0.3, 0.4) is 0 Å². The van der Waals surface area contributed by atoms with Crippen molar-refractivity contribution < 1.29 is 8.42 Å². The fourth-order valence-corrected chi connectivity index (χ4v) is 3.82. The maximum Gasteiger partial charge on any atom is 0.243 e. The lowest BCUT2D eigenvalue weighted by molar-refractivity contribution is 0.169. The molecule has 1 aliphatic rings. The van der Waals surface area contributed by atoms with Crippen LogP contribution < -0.4 is 5.73 Å². The van der Waals surface area contributed by atoms with Crippen LogP contribution in [-0.2, 0) is 10.0 Å². The Morgan fingerprint density at radius 2 is 2.05 bits per heavy atom.